The van der Waals surface area contributed by atoms with Gasteiger partial charge in [0, 0.05) is 12.1 Å². The standard InChI is InChI=1S/C19H25N.C8H11NO2S/c1-15(20-17-11-4-2-3-5-12-17)18-14-8-10-16-9-6-7-13-19(16)18;1-9-12(10)8-5-3-7(11-2)4-6-8/h6-10,13-15,17,20H,2-5,11-12H2,1H3;3-6,9H,1-2H3. The maximum Gasteiger partial charge on any atom is 0.124 e. The van der Waals surface area contributed by atoms with Crippen LogP contribution in [0.25, 0.3) is 10.8 Å². The van der Waals surface area contributed by atoms with Crippen molar-refractivity contribution in [2.75, 3.05) is 14.2 Å². The molecule has 2 unspecified atom stereocenters. The first kappa shape index (κ1) is 24.4. The Balaban J connectivity index is 0.000000207. The fourth-order valence-corrected chi connectivity index (χ4v) is 4.95. The molecule has 172 valence electrons. The van der Waals surface area contributed by atoms with Crippen LogP contribution in [0.15, 0.2) is 71.6 Å². The Morgan fingerprint density at radius 1 is 0.906 bits per heavy atom. The highest BCUT2D eigenvalue weighted by molar-refractivity contribution is 7.83. The normalized spacial score (nSPS) is 16.5. The van der Waals surface area contributed by atoms with Gasteiger partial charge in [0.1, 0.15) is 16.7 Å². The predicted octanol–water partition coefficient (Wildman–Crippen LogP) is 6.15. The Kier molecular flexibility index (Phi) is 9.72. The zero-order valence-electron chi connectivity index (χ0n) is 19.5. The molecule has 0 aromatic heterocycles. The predicted molar refractivity (Wildman–Crippen MR) is 135 cm³/mol. The Bertz CT molecular complexity index is 977. The van der Waals surface area contributed by atoms with E-state index in [1.807, 2.05) is 0 Å². The van der Waals surface area contributed by atoms with Gasteiger partial charge in [0.2, 0.25) is 0 Å². The molecule has 1 aliphatic carbocycles. The summed E-state index contributed by atoms with van der Waals surface area (Å²) in [7, 11) is 2.15. The van der Waals surface area contributed by atoms with Gasteiger partial charge in [-0.25, -0.2) is 8.93 Å². The molecular weight excluding hydrogens is 416 g/mol. The van der Waals surface area contributed by atoms with Gasteiger partial charge >= 0.3 is 0 Å². The minimum atomic E-state index is -1.11. The number of rotatable bonds is 6. The van der Waals surface area contributed by atoms with Gasteiger partial charge in [0.05, 0.1) is 12.0 Å². The molecule has 0 radical (unpaired) electrons. The van der Waals surface area contributed by atoms with E-state index in [0.29, 0.717) is 12.1 Å². The van der Waals surface area contributed by atoms with Gasteiger partial charge in [-0.2, -0.15) is 0 Å². The molecule has 32 heavy (non-hydrogen) atoms. The van der Waals surface area contributed by atoms with Crippen LogP contribution in [0.1, 0.15) is 57.1 Å². The molecule has 1 aliphatic rings. The topological polar surface area (TPSA) is 50.4 Å². The SMILES string of the molecule is CC(NC1CCCCCC1)c1cccc2ccccc12.CNS(=O)c1ccc(OC)cc1. The molecule has 0 amide bonds. The third-order valence-electron chi connectivity index (χ3n) is 6.09. The van der Waals surface area contributed by atoms with Crippen molar-refractivity contribution in [3.63, 3.8) is 0 Å². The van der Waals surface area contributed by atoms with Crippen molar-refractivity contribution in [3.8, 4) is 5.75 Å². The fraction of sp³-hybridized carbons (Fsp3) is 0.407. The summed E-state index contributed by atoms with van der Waals surface area (Å²) in [5.74, 6) is 0.770. The highest BCUT2D eigenvalue weighted by Crippen LogP contribution is 2.26. The van der Waals surface area contributed by atoms with Gasteiger partial charge in [0.15, 0.2) is 0 Å². The van der Waals surface area contributed by atoms with Crippen LogP contribution in [0.5, 0.6) is 5.75 Å². The summed E-state index contributed by atoms with van der Waals surface area (Å²) in [6, 6.07) is 23.6. The number of hydrogen-bond donors (Lipinski definition) is 2. The fourth-order valence-electron chi connectivity index (χ4n) is 4.33. The number of benzene rings is 3. The Hall–Kier alpha value is -2.21. The summed E-state index contributed by atoms with van der Waals surface area (Å²) < 4.78 is 18.8. The molecule has 0 saturated heterocycles. The molecule has 3 aromatic rings. The average Bonchev–Trinajstić information content (AvgIpc) is 3.12. The maximum absolute atomic E-state index is 11.2. The summed E-state index contributed by atoms with van der Waals surface area (Å²) in [6.45, 7) is 2.31. The molecule has 5 heteroatoms. The zero-order valence-corrected chi connectivity index (χ0v) is 20.3. The van der Waals surface area contributed by atoms with E-state index in [-0.39, 0.29) is 0 Å². The number of methoxy groups -OCH3 is 1. The van der Waals surface area contributed by atoms with E-state index in [9.17, 15) is 4.21 Å². The van der Waals surface area contributed by atoms with Crippen molar-refractivity contribution in [1.29, 1.82) is 0 Å². The highest BCUT2D eigenvalue weighted by atomic mass is 32.2. The van der Waals surface area contributed by atoms with Gasteiger partial charge in [-0.15, -0.1) is 0 Å². The summed E-state index contributed by atoms with van der Waals surface area (Å²) in [4.78, 5) is 0.748. The summed E-state index contributed by atoms with van der Waals surface area (Å²) in [6.07, 6.45) is 8.30. The number of fused-ring (bicyclic) bond motifs is 1. The molecule has 2 atom stereocenters. The molecule has 4 rings (SSSR count). The van der Waals surface area contributed by atoms with Crippen molar-refractivity contribution < 1.29 is 8.95 Å². The first-order valence-corrected chi connectivity index (χ1v) is 12.7. The molecule has 3 aromatic carbocycles. The van der Waals surface area contributed by atoms with Crippen LogP contribution in [0.3, 0.4) is 0 Å². The summed E-state index contributed by atoms with van der Waals surface area (Å²) in [5, 5.41) is 6.61. The second-order valence-corrected chi connectivity index (χ2v) is 9.71. The third-order valence-corrected chi connectivity index (χ3v) is 7.16. The van der Waals surface area contributed by atoms with Gasteiger partial charge in [0.25, 0.3) is 0 Å². The molecule has 2 N–H and O–H groups in total. The average molecular weight is 453 g/mol. The second kappa shape index (κ2) is 12.7. The van der Waals surface area contributed by atoms with Gasteiger partial charge in [-0.05, 0) is 67.4 Å². The number of nitrogens with one attached hydrogen (secondary N) is 2. The quantitative estimate of drug-likeness (QED) is 0.441. The van der Waals surface area contributed by atoms with E-state index in [0.717, 1.165) is 10.6 Å². The lowest BCUT2D eigenvalue weighted by Crippen LogP contribution is -2.31. The second-order valence-electron chi connectivity index (χ2n) is 8.29. The first-order valence-electron chi connectivity index (χ1n) is 11.6. The molecule has 0 spiro atoms. The number of ether oxygens (including phenoxy) is 1. The molecule has 0 bridgehead atoms. The Morgan fingerprint density at radius 2 is 1.56 bits per heavy atom. The van der Waals surface area contributed by atoms with Gasteiger partial charge in [-0.3, -0.25) is 0 Å². The van der Waals surface area contributed by atoms with E-state index in [2.05, 4.69) is 59.4 Å². The Labute approximate surface area is 195 Å². The highest BCUT2D eigenvalue weighted by Gasteiger charge is 2.16. The van der Waals surface area contributed by atoms with Crippen molar-refractivity contribution in [1.82, 2.24) is 10.0 Å². The lowest BCUT2D eigenvalue weighted by molar-refractivity contribution is 0.414. The van der Waals surface area contributed by atoms with E-state index in [4.69, 9.17) is 4.74 Å². The summed E-state index contributed by atoms with van der Waals surface area (Å²) >= 11 is 0. The van der Waals surface area contributed by atoms with Crippen LogP contribution in [0.2, 0.25) is 0 Å². The van der Waals surface area contributed by atoms with Gasteiger partial charge < -0.3 is 10.1 Å². The lowest BCUT2D eigenvalue weighted by Gasteiger charge is -2.23. The van der Waals surface area contributed by atoms with E-state index in [1.54, 1.807) is 38.4 Å². The largest absolute Gasteiger partial charge is 0.497 e. The lowest BCUT2D eigenvalue weighted by atomic mass is 9.98. The maximum atomic E-state index is 11.2. The van der Waals surface area contributed by atoms with Crippen LogP contribution in [-0.2, 0) is 11.0 Å². The van der Waals surface area contributed by atoms with E-state index in [1.165, 1.54) is 54.9 Å². The molecule has 0 aliphatic heterocycles. The molecule has 4 nitrogen and oxygen atoms in total. The number of hydrogen-bond acceptors (Lipinski definition) is 3. The van der Waals surface area contributed by atoms with Crippen molar-refractivity contribution in [2.24, 2.45) is 0 Å². The third kappa shape index (κ3) is 6.89. The zero-order chi connectivity index (χ0) is 22.8. The molecule has 0 heterocycles. The van der Waals surface area contributed by atoms with Crippen LogP contribution >= 0.6 is 0 Å². The van der Waals surface area contributed by atoms with Crippen LogP contribution in [0.4, 0.5) is 0 Å². The minimum absolute atomic E-state index is 0.434. The summed E-state index contributed by atoms with van der Waals surface area (Å²) in [5.41, 5.74) is 1.44. The van der Waals surface area contributed by atoms with E-state index >= 15 is 0 Å². The minimum Gasteiger partial charge on any atom is -0.497 e. The Morgan fingerprint density at radius 3 is 2.22 bits per heavy atom. The first-order chi connectivity index (χ1) is 15.6. The van der Waals surface area contributed by atoms with Crippen molar-refractivity contribution in [2.45, 2.75) is 62.4 Å². The molecular formula is C27H36N2O2S. The van der Waals surface area contributed by atoms with Crippen molar-refractivity contribution >= 4 is 21.8 Å². The van der Waals surface area contributed by atoms with Crippen LogP contribution in [-0.4, -0.2) is 24.4 Å². The van der Waals surface area contributed by atoms with E-state index < -0.39 is 11.0 Å². The molecule has 1 saturated carbocycles. The molecule has 1 fully saturated rings. The van der Waals surface area contributed by atoms with Crippen LogP contribution in [0, 0.1) is 0 Å². The van der Waals surface area contributed by atoms with Crippen molar-refractivity contribution in [3.05, 3.63) is 72.3 Å². The van der Waals surface area contributed by atoms with Gasteiger partial charge in [-0.1, -0.05) is 68.1 Å². The van der Waals surface area contributed by atoms with Crippen LogP contribution < -0.4 is 14.8 Å². The smallest absolute Gasteiger partial charge is 0.124 e. The monoisotopic (exact) mass is 452 g/mol.